The molecule has 0 aliphatic rings. The van der Waals surface area contributed by atoms with Crippen LogP contribution in [0.15, 0.2) is 29.2 Å². The van der Waals surface area contributed by atoms with E-state index in [1.807, 2.05) is 31.2 Å². The molecule has 1 aromatic carbocycles. The van der Waals surface area contributed by atoms with Crippen LogP contribution in [0, 0.1) is 0 Å². The lowest BCUT2D eigenvalue weighted by Crippen LogP contribution is -2.08. The number of hydrogen-bond acceptors (Lipinski definition) is 4. The lowest BCUT2D eigenvalue weighted by Gasteiger charge is -2.11. The Morgan fingerprint density at radius 2 is 2.00 bits per heavy atom. The Labute approximate surface area is 101 Å². The van der Waals surface area contributed by atoms with Gasteiger partial charge < -0.3 is 5.73 Å². The van der Waals surface area contributed by atoms with Crippen molar-refractivity contribution in [3.8, 4) is 0 Å². The van der Waals surface area contributed by atoms with Gasteiger partial charge in [-0.2, -0.15) is 0 Å². The Kier molecular flexibility index (Phi) is 4.83. The Bertz CT molecular complexity index is 441. The van der Waals surface area contributed by atoms with E-state index in [4.69, 9.17) is 5.73 Å². The van der Waals surface area contributed by atoms with Crippen molar-refractivity contribution in [2.24, 2.45) is 5.73 Å². The molecular formula is C11H17NO2S2. The van der Waals surface area contributed by atoms with Crippen LogP contribution in [0.1, 0.15) is 18.5 Å². The first kappa shape index (κ1) is 13.5. The largest absolute Gasteiger partial charge is 0.324 e. The van der Waals surface area contributed by atoms with E-state index in [0.717, 1.165) is 10.5 Å². The second-order valence-electron chi connectivity index (χ2n) is 3.80. The Morgan fingerprint density at radius 1 is 1.38 bits per heavy atom. The van der Waals surface area contributed by atoms with Gasteiger partial charge in [0.25, 0.3) is 0 Å². The van der Waals surface area contributed by atoms with E-state index < -0.39 is 9.84 Å². The maximum absolute atomic E-state index is 11.0. The number of nitrogens with two attached hydrogens (primary N) is 1. The third kappa shape index (κ3) is 4.55. The van der Waals surface area contributed by atoms with E-state index in [0.29, 0.717) is 5.75 Å². The maximum Gasteiger partial charge on any atom is 0.148 e. The van der Waals surface area contributed by atoms with Crippen LogP contribution in [0.5, 0.6) is 0 Å². The predicted octanol–water partition coefficient (Wildman–Crippen LogP) is 1.84. The summed E-state index contributed by atoms with van der Waals surface area (Å²) >= 11 is 1.54. The summed E-state index contributed by atoms with van der Waals surface area (Å²) in [5.74, 6) is 0.771. The number of hydrogen-bond donors (Lipinski definition) is 1. The van der Waals surface area contributed by atoms with Gasteiger partial charge in [-0.25, -0.2) is 8.42 Å². The molecule has 2 N–H and O–H groups in total. The highest BCUT2D eigenvalue weighted by Gasteiger charge is 2.08. The quantitative estimate of drug-likeness (QED) is 0.820. The van der Waals surface area contributed by atoms with E-state index >= 15 is 0 Å². The van der Waals surface area contributed by atoms with Crippen LogP contribution in [0.25, 0.3) is 0 Å². The van der Waals surface area contributed by atoms with Crippen molar-refractivity contribution in [2.45, 2.75) is 17.9 Å². The maximum atomic E-state index is 11.0. The molecule has 1 aromatic rings. The molecule has 0 radical (unpaired) electrons. The number of benzene rings is 1. The van der Waals surface area contributed by atoms with Crippen molar-refractivity contribution in [3.63, 3.8) is 0 Å². The van der Waals surface area contributed by atoms with Crippen molar-refractivity contribution in [3.05, 3.63) is 29.8 Å². The lowest BCUT2D eigenvalue weighted by atomic mass is 10.1. The topological polar surface area (TPSA) is 60.2 Å². The third-order valence-electron chi connectivity index (χ3n) is 2.12. The average molecular weight is 259 g/mol. The molecule has 0 saturated carbocycles. The van der Waals surface area contributed by atoms with Crippen molar-refractivity contribution in [1.29, 1.82) is 0 Å². The van der Waals surface area contributed by atoms with Gasteiger partial charge in [-0.05, 0) is 18.6 Å². The lowest BCUT2D eigenvalue weighted by molar-refractivity contribution is 0.603. The first-order valence-corrected chi connectivity index (χ1v) is 8.10. The van der Waals surface area contributed by atoms with Gasteiger partial charge in [0, 0.05) is 22.9 Å². The normalized spacial score (nSPS) is 13.7. The Morgan fingerprint density at radius 3 is 2.56 bits per heavy atom. The van der Waals surface area contributed by atoms with Crippen molar-refractivity contribution in [1.82, 2.24) is 0 Å². The molecule has 0 spiro atoms. The van der Waals surface area contributed by atoms with Crippen LogP contribution in [0.3, 0.4) is 0 Å². The second kappa shape index (κ2) is 5.70. The van der Waals surface area contributed by atoms with E-state index in [-0.39, 0.29) is 11.8 Å². The molecule has 0 aliphatic carbocycles. The molecule has 5 heteroatoms. The summed E-state index contributed by atoms with van der Waals surface area (Å²) in [4.78, 5) is 1.07. The second-order valence-corrected chi connectivity index (χ2v) is 7.20. The molecule has 0 fully saturated rings. The van der Waals surface area contributed by atoms with Gasteiger partial charge in [0.2, 0.25) is 0 Å². The Balaban J connectivity index is 2.67. The van der Waals surface area contributed by atoms with Gasteiger partial charge >= 0.3 is 0 Å². The number of rotatable bonds is 5. The molecule has 90 valence electrons. The molecule has 1 rings (SSSR count). The van der Waals surface area contributed by atoms with E-state index in [9.17, 15) is 8.42 Å². The molecule has 1 atom stereocenters. The van der Waals surface area contributed by atoms with Crippen LogP contribution in [0.2, 0.25) is 0 Å². The minimum absolute atomic E-state index is 0.0260. The minimum atomic E-state index is -2.88. The Hall–Kier alpha value is -0.520. The minimum Gasteiger partial charge on any atom is -0.324 e. The summed E-state index contributed by atoms with van der Waals surface area (Å²) in [5.41, 5.74) is 6.91. The molecule has 0 bridgehead atoms. The first-order chi connectivity index (χ1) is 7.40. The summed E-state index contributed by atoms with van der Waals surface area (Å²) in [6.45, 7) is 1.93. The summed E-state index contributed by atoms with van der Waals surface area (Å²) in [6.07, 6.45) is 1.25. The zero-order chi connectivity index (χ0) is 12.2. The highest BCUT2D eigenvalue weighted by Crippen LogP contribution is 2.26. The zero-order valence-corrected chi connectivity index (χ0v) is 11.1. The van der Waals surface area contributed by atoms with E-state index in [1.54, 1.807) is 11.8 Å². The highest BCUT2D eigenvalue weighted by molar-refractivity contribution is 8.00. The molecule has 0 aliphatic heterocycles. The zero-order valence-electron chi connectivity index (χ0n) is 9.51. The van der Waals surface area contributed by atoms with Gasteiger partial charge in [0.05, 0.1) is 5.75 Å². The summed E-state index contributed by atoms with van der Waals surface area (Å²) in [7, 11) is -2.88. The molecule has 0 amide bonds. The monoisotopic (exact) mass is 259 g/mol. The van der Waals surface area contributed by atoms with Crippen LogP contribution in [0.4, 0.5) is 0 Å². The van der Waals surface area contributed by atoms with Crippen LogP contribution in [-0.2, 0) is 9.84 Å². The van der Waals surface area contributed by atoms with Crippen LogP contribution in [-0.4, -0.2) is 26.2 Å². The summed E-state index contributed by atoms with van der Waals surface area (Å²) < 4.78 is 22.0. The third-order valence-corrected chi connectivity index (χ3v) is 4.42. The standard InChI is InChI=1S/C11H17NO2S2/c1-9(12)10-5-3-4-6-11(10)15-7-8-16(2,13)14/h3-6,9H,7-8,12H2,1-2H3/t9-/m1/s1. The fourth-order valence-corrected chi connectivity index (χ4v) is 3.65. The van der Waals surface area contributed by atoms with Gasteiger partial charge in [0.15, 0.2) is 0 Å². The average Bonchev–Trinajstić information content (AvgIpc) is 2.16. The molecule has 0 unspecified atom stereocenters. The van der Waals surface area contributed by atoms with Gasteiger partial charge in [-0.1, -0.05) is 18.2 Å². The highest BCUT2D eigenvalue weighted by atomic mass is 32.2. The predicted molar refractivity (Wildman–Crippen MR) is 69.5 cm³/mol. The van der Waals surface area contributed by atoms with Crippen molar-refractivity contribution in [2.75, 3.05) is 17.8 Å². The molecule has 16 heavy (non-hydrogen) atoms. The molecule has 0 heterocycles. The van der Waals surface area contributed by atoms with Crippen LogP contribution >= 0.6 is 11.8 Å². The smallest absolute Gasteiger partial charge is 0.148 e. The molecular weight excluding hydrogens is 242 g/mol. The number of sulfone groups is 1. The van der Waals surface area contributed by atoms with Gasteiger partial charge in [0.1, 0.15) is 9.84 Å². The van der Waals surface area contributed by atoms with Crippen LogP contribution < -0.4 is 5.73 Å². The molecule has 0 saturated heterocycles. The number of thioether (sulfide) groups is 1. The van der Waals surface area contributed by atoms with E-state index in [1.165, 1.54) is 6.26 Å². The van der Waals surface area contributed by atoms with Crippen molar-refractivity contribution >= 4 is 21.6 Å². The van der Waals surface area contributed by atoms with E-state index in [2.05, 4.69) is 0 Å². The van der Waals surface area contributed by atoms with Gasteiger partial charge in [-0.15, -0.1) is 11.8 Å². The molecule has 3 nitrogen and oxygen atoms in total. The van der Waals surface area contributed by atoms with Crippen molar-refractivity contribution < 1.29 is 8.42 Å². The fourth-order valence-electron chi connectivity index (χ4n) is 1.29. The molecule has 0 aromatic heterocycles. The fraction of sp³-hybridized carbons (Fsp3) is 0.455. The summed E-state index contributed by atoms with van der Waals surface area (Å²) in [6, 6.07) is 7.81. The first-order valence-electron chi connectivity index (χ1n) is 5.05. The van der Waals surface area contributed by atoms with Gasteiger partial charge in [-0.3, -0.25) is 0 Å². The SMILES string of the molecule is C[C@@H](N)c1ccccc1SCCS(C)(=O)=O. The summed E-state index contributed by atoms with van der Waals surface area (Å²) in [5, 5.41) is 0.